The normalized spacial score (nSPS) is 10.4. The number of hydrogen-bond donors (Lipinski definition) is 1. The van der Waals surface area contributed by atoms with Crippen molar-refractivity contribution in [2.45, 2.75) is 40.5 Å². The first-order valence-electron chi connectivity index (χ1n) is 9.11. The van der Waals surface area contributed by atoms with E-state index >= 15 is 0 Å². The van der Waals surface area contributed by atoms with Crippen molar-refractivity contribution in [2.75, 3.05) is 16.8 Å². The second-order valence-electron chi connectivity index (χ2n) is 6.54. The van der Waals surface area contributed by atoms with Crippen molar-refractivity contribution in [3.63, 3.8) is 0 Å². The molecule has 5 heteroatoms. The fraction of sp³-hybridized carbons (Fsp3) is 0.318. The van der Waals surface area contributed by atoms with Crippen LogP contribution in [-0.4, -0.2) is 24.1 Å². The summed E-state index contributed by atoms with van der Waals surface area (Å²) in [6.45, 7) is 7.19. The van der Waals surface area contributed by atoms with Crippen molar-refractivity contribution >= 4 is 29.0 Å². The summed E-state index contributed by atoms with van der Waals surface area (Å²) in [5.74, 6) is -0.383. The van der Waals surface area contributed by atoms with Crippen LogP contribution in [-0.2, 0) is 16.0 Å². The average molecular weight is 366 g/mol. The van der Waals surface area contributed by atoms with Gasteiger partial charge in [-0.15, -0.1) is 0 Å². The molecule has 0 bridgehead atoms. The Morgan fingerprint density at radius 3 is 2.37 bits per heavy atom. The zero-order valence-electron chi connectivity index (χ0n) is 16.3. The first kappa shape index (κ1) is 20.4. The Balaban J connectivity index is 2.11. The van der Waals surface area contributed by atoms with Crippen molar-refractivity contribution in [3.05, 3.63) is 59.2 Å². The summed E-state index contributed by atoms with van der Waals surface area (Å²) in [4.78, 5) is 37.6. The summed E-state index contributed by atoms with van der Waals surface area (Å²) in [7, 11) is 0. The fourth-order valence-electron chi connectivity index (χ4n) is 2.98. The van der Waals surface area contributed by atoms with E-state index in [1.54, 1.807) is 24.3 Å². The number of hydrogen-bond acceptors (Lipinski definition) is 3. The van der Waals surface area contributed by atoms with Gasteiger partial charge in [-0.05, 0) is 43.5 Å². The third-order valence-electron chi connectivity index (χ3n) is 4.51. The second kappa shape index (κ2) is 9.12. The molecule has 0 aromatic heterocycles. The van der Waals surface area contributed by atoms with Crippen LogP contribution in [0.25, 0.3) is 0 Å². The minimum absolute atomic E-state index is 0.0651. The summed E-state index contributed by atoms with van der Waals surface area (Å²) in [6.07, 6.45) is 0.996. The van der Waals surface area contributed by atoms with Crippen LogP contribution in [0, 0.1) is 6.92 Å². The van der Waals surface area contributed by atoms with Gasteiger partial charge in [0.2, 0.25) is 11.8 Å². The Morgan fingerprint density at radius 1 is 1.04 bits per heavy atom. The van der Waals surface area contributed by atoms with E-state index in [4.69, 9.17) is 0 Å². The molecule has 0 aliphatic heterocycles. The molecule has 0 atom stereocenters. The number of ketones is 1. The molecule has 5 nitrogen and oxygen atoms in total. The van der Waals surface area contributed by atoms with Gasteiger partial charge in [0, 0.05) is 36.8 Å². The Bertz CT molecular complexity index is 858. The van der Waals surface area contributed by atoms with Crippen LogP contribution >= 0.6 is 0 Å². The summed E-state index contributed by atoms with van der Waals surface area (Å²) in [5.41, 5.74) is 4.10. The van der Waals surface area contributed by atoms with Crippen molar-refractivity contribution in [3.8, 4) is 0 Å². The number of benzene rings is 2. The smallest absolute Gasteiger partial charge is 0.226 e. The predicted octanol–water partition coefficient (Wildman–Crippen LogP) is 4.14. The maximum absolute atomic E-state index is 12.5. The number of aryl methyl sites for hydroxylation is 2. The van der Waals surface area contributed by atoms with E-state index in [0.29, 0.717) is 11.3 Å². The predicted molar refractivity (Wildman–Crippen MR) is 108 cm³/mol. The van der Waals surface area contributed by atoms with Crippen LogP contribution in [0.2, 0.25) is 0 Å². The summed E-state index contributed by atoms with van der Waals surface area (Å²) >= 11 is 0. The van der Waals surface area contributed by atoms with Crippen LogP contribution in [0.1, 0.15) is 48.7 Å². The third kappa shape index (κ3) is 5.26. The SMILES string of the molecule is CCc1cccc(C)c1NC(=O)CCN(C(C)=O)c1cccc(C(C)=O)c1. The summed E-state index contributed by atoms with van der Waals surface area (Å²) < 4.78 is 0. The van der Waals surface area contributed by atoms with Crippen molar-refractivity contribution in [1.82, 2.24) is 0 Å². The molecule has 27 heavy (non-hydrogen) atoms. The number of para-hydroxylation sites is 1. The zero-order chi connectivity index (χ0) is 20.0. The Hall–Kier alpha value is -2.95. The quantitative estimate of drug-likeness (QED) is 0.749. The molecule has 0 radical (unpaired) electrons. The van der Waals surface area contributed by atoms with Gasteiger partial charge in [0.25, 0.3) is 0 Å². The molecule has 0 saturated carbocycles. The minimum atomic E-state index is -0.173. The fourth-order valence-corrected chi connectivity index (χ4v) is 2.98. The van der Waals surface area contributed by atoms with E-state index in [9.17, 15) is 14.4 Å². The number of nitrogens with one attached hydrogen (secondary N) is 1. The first-order chi connectivity index (χ1) is 12.8. The largest absolute Gasteiger partial charge is 0.326 e. The molecular weight excluding hydrogens is 340 g/mol. The molecule has 2 amide bonds. The number of carbonyl (C=O) groups is 3. The standard InChI is InChI=1S/C22H26N2O3/c1-5-18-9-6-8-15(2)22(18)23-21(27)12-13-24(17(4)26)20-11-7-10-19(14-20)16(3)25/h6-11,14H,5,12-13H2,1-4H3,(H,23,27). The molecule has 2 aromatic rings. The first-order valence-corrected chi connectivity index (χ1v) is 9.11. The van der Waals surface area contributed by atoms with Crippen LogP contribution in [0.4, 0.5) is 11.4 Å². The van der Waals surface area contributed by atoms with Crippen molar-refractivity contribution < 1.29 is 14.4 Å². The lowest BCUT2D eigenvalue weighted by atomic mass is 10.1. The molecular formula is C22H26N2O3. The molecule has 0 saturated heterocycles. The summed E-state index contributed by atoms with van der Waals surface area (Å²) in [6, 6.07) is 12.8. The number of carbonyl (C=O) groups excluding carboxylic acids is 3. The molecule has 2 aromatic carbocycles. The number of anilines is 2. The van der Waals surface area contributed by atoms with Gasteiger partial charge in [0.05, 0.1) is 0 Å². The van der Waals surface area contributed by atoms with E-state index in [2.05, 4.69) is 5.32 Å². The van der Waals surface area contributed by atoms with Crippen LogP contribution < -0.4 is 10.2 Å². The lowest BCUT2D eigenvalue weighted by Crippen LogP contribution is -2.32. The topological polar surface area (TPSA) is 66.5 Å². The van der Waals surface area contributed by atoms with Gasteiger partial charge in [0.1, 0.15) is 0 Å². The van der Waals surface area contributed by atoms with Crippen LogP contribution in [0.15, 0.2) is 42.5 Å². The molecule has 0 aliphatic rings. The van der Waals surface area contributed by atoms with Gasteiger partial charge >= 0.3 is 0 Å². The van der Waals surface area contributed by atoms with E-state index in [1.807, 2.05) is 32.0 Å². The van der Waals surface area contributed by atoms with Crippen molar-refractivity contribution in [1.29, 1.82) is 0 Å². The Labute approximate surface area is 160 Å². The van der Waals surface area contributed by atoms with Gasteiger partial charge in [-0.25, -0.2) is 0 Å². The highest BCUT2D eigenvalue weighted by molar-refractivity contribution is 5.98. The second-order valence-corrected chi connectivity index (χ2v) is 6.54. The molecule has 0 aliphatic carbocycles. The Kier molecular flexibility index (Phi) is 6.88. The number of amides is 2. The monoisotopic (exact) mass is 366 g/mol. The van der Waals surface area contributed by atoms with E-state index in [-0.39, 0.29) is 30.6 Å². The molecule has 1 N–H and O–H groups in total. The highest BCUT2D eigenvalue weighted by atomic mass is 16.2. The van der Waals surface area contributed by atoms with Crippen LogP contribution in [0.5, 0.6) is 0 Å². The van der Waals surface area contributed by atoms with Gasteiger partial charge in [-0.2, -0.15) is 0 Å². The molecule has 2 rings (SSSR count). The molecule has 0 unspecified atom stereocenters. The van der Waals surface area contributed by atoms with E-state index in [0.717, 1.165) is 23.2 Å². The number of Topliss-reactive ketones (excluding diaryl/α,β-unsaturated/α-hetero) is 1. The van der Waals surface area contributed by atoms with Gasteiger partial charge in [0.15, 0.2) is 5.78 Å². The van der Waals surface area contributed by atoms with E-state index in [1.165, 1.54) is 18.7 Å². The zero-order valence-corrected chi connectivity index (χ0v) is 16.3. The highest BCUT2D eigenvalue weighted by Gasteiger charge is 2.16. The minimum Gasteiger partial charge on any atom is -0.326 e. The Morgan fingerprint density at radius 2 is 1.74 bits per heavy atom. The molecule has 0 spiro atoms. The van der Waals surface area contributed by atoms with Crippen LogP contribution in [0.3, 0.4) is 0 Å². The highest BCUT2D eigenvalue weighted by Crippen LogP contribution is 2.22. The molecule has 0 heterocycles. The van der Waals surface area contributed by atoms with Crippen molar-refractivity contribution in [2.24, 2.45) is 0 Å². The van der Waals surface area contributed by atoms with E-state index < -0.39 is 0 Å². The average Bonchev–Trinajstić information content (AvgIpc) is 2.63. The van der Waals surface area contributed by atoms with Gasteiger partial charge in [-0.1, -0.05) is 37.3 Å². The van der Waals surface area contributed by atoms with Gasteiger partial charge in [-0.3, -0.25) is 14.4 Å². The lowest BCUT2D eigenvalue weighted by molar-refractivity contribution is -0.117. The maximum atomic E-state index is 12.5. The molecule has 142 valence electrons. The third-order valence-corrected chi connectivity index (χ3v) is 4.51. The van der Waals surface area contributed by atoms with Gasteiger partial charge < -0.3 is 10.2 Å². The molecule has 0 fully saturated rings. The maximum Gasteiger partial charge on any atom is 0.226 e. The lowest BCUT2D eigenvalue weighted by Gasteiger charge is -2.22. The summed E-state index contributed by atoms with van der Waals surface area (Å²) in [5, 5.41) is 2.97. The number of rotatable bonds is 7. The number of nitrogens with zero attached hydrogens (tertiary/aromatic N) is 1.